The highest BCUT2D eigenvalue weighted by atomic mass is 79.9. The predicted octanol–water partition coefficient (Wildman–Crippen LogP) is 4.59. The summed E-state index contributed by atoms with van der Waals surface area (Å²) < 4.78 is 28.4. The van der Waals surface area contributed by atoms with E-state index in [0.29, 0.717) is 12.3 Å². The van der Waals surface area contributed by atoms with Gasteiger partial charge in [0.05, 0.1) is 10.5 Å². The van der Waals surface area contributed by atoms with Gasteiger partial charge in [0.25, 0.3) is 0 Å². The van der Waals surface area contributed by atoms with Gasteiger partial charge in [0.1, 0.15) is 11.6 Å². The third-order valence-electron chi connectivity index (χ3n) is 4.17. The second-order valence-corrected chi connectivity index (χ2v) is 6.42. The van der Waals surface area contributed by atoms with Gasteiger partial charge >= 0.3 is 0 Å². The Morgan fingerprint density at radius 2 is 1.85 bits per heavy atom. The lowest BCUT2D eigenvalue weighted by atomic mass is 9.89. The summed E-state index contributed by atoms with van der Waals surface area (Å²) in [5.41, 5.74) is 2.64. The van der Waals surface area contributed by atoms with Crippen molar-refractivity contribution in [1.29, 1.82) is 0 Å². The fourth-order valence-electron chi connectivity index (χ4n) is 3.06. The summed E-state index contributed by atoms with van der Waals surface area (Å²) in [5, 5.41) is 0. The number of halogens is 3. The van der Waals surface area contributed by atoms with Crippen LogP contribution in [0.3, 0.4) is 0 Å². The maximum atomic E-state index is 14.2. The molecule has 0 bridgehead atoms. The maximum absolute atomic E-state index is 14.2. The third-order valence-corrected chi connectivity index (χ3v) is 4.79. The molecular weight excluding hydrogens is 326 g/mol. The second-order valence-electron chi connectivity index (χ2n) is 5.57. The van der Waals surface area contributed by atoms with Gasteiger partial charge in [-0.15, -0.1) is 0 Å². The van der Waals surface area contributed by atoms with Crippen molar-refractivity contribution in [3.63, 3.8) is 0 Å². The van der Waals surface area contributed by atoms with Crippen LogP contribution in [0, 0.1) is 17.6 Å². The smallest absolute Gasteiger partial charge is 0.145 e. The molecule has 0 aliphatic heterocycles. The van der Waals surface area contributed by atoms with E-state index in [1.54, 1.807) is 0 Å². The summed E-state index contributed by atoms with van der Waals surface area (Å²) in [6.07, 6.45) is 7.84. The van der Waals surface area contributed by atoms with Crippen molar-refractivity contribution in [2.75, 3.05) is 0 Å². The van der Waals surface area contributed by atoms with Crippen LogP contribution in [0.5, 0.6) is 0 Å². The molecule has 1 aromatic carbocycles. The van der Waals surface area contributed by atoms with Crippen LogP contribution in [0.25, 0.3) is 0 Å². The Bertz CT molecular complexity index is 446. The molecule has 1 aromatic rings. The summed E-state index contributed by atoms with van der Waals surface area (Å²) in [6.45, 7) is 0. The highest BCUT2D eigenvalue weighted by Crippen LogP contribution is 2.34. The van der Waals surface area contributed by atoms with Crippen molar-refractivity contribution in [3.05, 3.63) is 33.8 Å². The molecule has 1 saturated carbocycles. The Kier molecular flexibility index (Phi) is 5.93. The lowest BCUT2D eigenvalue weighted by Gasteiger charge is -2.23. The van der Waals surface area contributed by atoms with Crippen molar-refractivity contribution in [3.8, 4) is 0 Å². The Morgan fingerprint density at radius 3 is 2.45 bits per heavy atom. The molecule has 1 aliphatic rings. The van der Waals surface area contributed by atoms with Gasteiger partial charge in [-0.1, -0.05) is 38.5 Å². The van der Waals surface area contributed by atoms with Gasteiger partial charge in [-0.2, -0.15) is 0 Å². The fourth-order valence-corrected chi connectivity index (χ4v) is 3.41. The maximum Gasteiger partial charge on any atom is 0.145 e. The zero-order chi connectivity index (χ0) is 14.5. The molecule has 20 heavy (non-hydrogen) atoms. The van der Waals surface area contributed by atoms with Gasteiger partial charge < -0.3 is 0 Å². The van der Waals surface area contributed by atoms with Gasteiger partial charge in [-0.25, -0.2) is 8.78 Å². The van der Waals surface area contributed by atoms with E-state index in [9.17, 15) is 8.78 Å². The Balaban J connectivity index is 2.17. The normalized spacial score (nSPS) is 18.8. The molecule has 2 nitrogen and oxygen atoms in total. The average molecular weight is 347 g/mol. The number of rotatable bonds is 4. The summed E-state index contributed by atoms with van der Waals surface area (Å²) in [6, 6.07) is 2.18. The summed E-state index contributed by atoms with van der Waals surface area (Å²) >= 11 is 3.11. The molecule has 0 radical (unpaired) electrons. The van der Waals surface area contributed by atoms with Gasteiger partial charge in [-0.05, 0) is 40.4 Å². The fraction of sp³-hybridized carbons (Fsp3) is 0.600. The second kappa shape index (κ2) is 7.48. The third kappa shape index (κ3) is 3.77. The minimum absolute atomic E-state index is 0.0473. The quantitative estimate of drug-likeness (QED) is 0.362. The Morgan fingerprint density at radius 1 is 1.20 bits per heavy atom. The van der Waals surface area contributed by atoms with E-state index in [1.807, 2.05) is 0 Å². The number of hydrogen-bond donors (Lipinski definition) is 2. The highest BCUT2D eigenvalue weighted by Gasteiger charge is 2.24. The minimum atomic E-state index is -0.554. The van der Waals surface area contributed by atoms with Gasteiger partial charge in [-0.3, -0.25) is 11.3 Å². The first-order valence-electron chi connectivity index (χ1n) is 7.23. The minimum Gasteiger partial charge on any atom is -0.271 e. The molecule has 1 fully saturated rings. The molecule has 0 amide bonds. The summed E-state index contributed by atoms with van der Waals surface area (Å²) in [5.74, 6) is 4.94. The van der Waals surface area contributed by atoms with Crippen LogP contribution in [0.1, 0.15) is 56.6 Å². The van der Waals surface area contributed by atoms with Crippen LogP contribution in [0.2, 0.25) is 0 Å². The SMILES string of the molecule is NNC(CC1CCCCCC1)c1c(F)ccc(Br)c1F. The first kappa shape index (κ1) is 15.9. The number of hydrogen-bond acceptors (Lipinski definition) is 2. The largest absolute Gasteiger partial charge is 0.271 e. The van der Waals surface area contributed by atoms with E-state index in [1.165, 1.54) is 37.8 Å². The molecule has 0 spiro atoms. The Labute approximate surface area is 127 Å². The van der Waals surface area contributed by atoms with Crippen LogP contribution in [-0.2, 0) is 0 Å². The highest BCUT2D eigenvalue weighted by molar-refractivity contribution is 9.10. The standard InChI is InChI=1S/C15H21BrF2N2/c16-11-7-8-12(17)14(15(11)18)13(20-19)9-10-5-3-1-2-4-6-10/h7-8,10,13,20H,1-6,9,19H2. The lowest BCUT2D eigenvalue weighted by Crippen LogP contribution is -2.31. The van der Waals surface area contributed by atoms with Crippen molar-refractivity contribution in [2.24, 2.45) is 11.8 Å². The molecule has 1 aliphatic carbocycles. The van der Waals surface area contributed by atoms with E-state index < -0.39 is 17.7 Å². The van der Waals surface area contributed by atoms with E-state index >= 15 is 0 Å². The van der Waals surface area contributed by atoms with Gasteiger partial charge in [0, 0.05) is 5.56 Å². The first-order chi connectivity index (χ1) is 9.63. The molecule has 1 unspecified atom stereocenters. The number of nitrogens with two attached hydrogens (primary N) is 1. The zero-order valence-electron chi connectivity index (χ0n) is 11.5. The molecule has 1 atom stereocenters. The zero-order valence-corrected chi connectivity index (χ0v) is 13.1. The van der Waals surface area contributed by atoms with Crippen molar-refractivity contribution < 1.29 is 8.78 Å². The van der Waals surface area contributed by atoms with Crippen LogP contribution in [0.15, 0.2) is 16.6 Å². The van der Waals surface area contributed by atoms with Crippen molar-refractivity contribution in [1.82, 2.24) is 5.43 Å². The molecule has 5 heteroatoms. The van der Waals surface area contributed by atoms with Crippen molar-refractivity contribution >= 4 is 15.9 Å². The molecule has 3 N–H and O–H groups in total. The molecule has 2 rings (SSSR count). The molecule has 0 saturated heterocycles. The molecule has 0 heterocycles. The van der Waals surface area contributed by atoms with Crippen LogP contribution in [-0.4, -0.2) is 0 Å². The predicted molar refractivity (Wildman–Crippen MR) is 79.9 cm³/mol. The molecule has 0 aromatic heterocycles. The Hall–Kier alpha value is -0.520. The summed E-state index contributed by atoms with van der Waals surface area (Å²) in [4.78, 5) is 0. The first-order valence-corrected chi connectivity index (χ1v) is 8.02. The number of benzene rings is 1. The molecule has 112 valence electrons. The summed E-state index contributed by atoms with van der Waals surface area (Å²) in [7, 11) is 0. The van der Waals surface area contributed by atoms with Gasteiger partial charge in [0.2, 0.25) is 0 Å². The van der Waals surface area contributed by atoms with Crippen LogP contribution < -0.4 is 11.3 Å². The van der Waals surface area contributed by atoms with E-state index in [2.05, 4.69) is 21.4 Å². The van der Waals surface area contributed by atoms with Crippen molar-refractivity contribution in [2.45, 2.75) is 51.0 Å². The topological polar surface area (TPSA) is 38.0 Å². The molecular formula is C15H21BrF2N2. The monoisotopic (exact) mass is 346 g/mol. The van der Waals surface area contributed by atoms with E-state index in [-0.39, 0.29) is 10.0 Å². The lowest BCUT2D eigenvalue weighted by molar-refractivity contribution is 0.344. The van der Waals surface area contributed by atoms with E-state index in [0.717, 1.165) is 12.8 Å². The van der Waals surface area contributed by atoms with Crippen LogP contribution in [0.4, 0.5) is 8.78 Å². The van der Waals surface area contributed by atoms with E-state index in [4.69, 9.17) is 5.84 Å². The average Bonchev–Trinajstić information content (AvgIpc) is 2.70. The number of nitrogens with one attached hydrogen (secondary N) is 1. The van der Waals surface area contributed by atoms with Crippen LogP contribution >= 0.6 is 15.9 Å². The number of hydrazine groups is 1. The van der Waals surface area contributed by atoms with Gasteiger partial charge in [0.15, 0.2) is 0 Å².